The molecule has 0 aliphatic rings. The van der Waals surface area contributed by atoms with E-state index < -0.39 is 17.5 Å². The summed E-state index contributed by atoms with van der Waals surface area (Å²) in [5.74, 6) is -2.14. The zero-order valence-corrected chi connectivity index (χ0v) is 11.2. The maximum Gasteiger partial charge on any atom is 0.258 e. The van der Waals surface area contributed by atoms with Crippen molar-refractivity contribution in [1.29, 1.82) is 0 Å². The van der Waals surface area contributed by atoms with Crippen LogP contribution in [0.25, 0.3) is 0 Å². The Bertz CT molecular complexity index is 623. The number of nitrogens with zero attached hydrogens (tertiary/aromatic N) is 1. The molecule has 3 nitrogen and oxygen atoms in total. The van der Waals surface area contributed by atoms with Crippen LogP contribution < -0.4 is 10.1 Å². The van der Waals surface area contributed by atoms with Crippen molar-refractivity contribution in [3.8, 4) is 11.6 Å². The fraction of sp³-hybridized carbons (Fsp3) is 0.0833. The van der Waals surface area contributed by atoms with Crippen LogP contribution in [0.3, 0.4) is 0 Å². The standard InChI is InChI=1S/C12H8Cl2F2N2O/c1-17-11-8(15)5-9(16)12(18-11)19-10-4-6(13)2-3-7(10)14/h2-5H,1H3,(H,17,18). The van der Waals surface area contributed by atoms with Gasteiger partial charge in [0.1, 0.15) is 5.75 Å². The quantitative estimate of drug-likeness (QED) is 0.906. The van der Waals surface area contributed by atoms with Crippen LogP contribution in [0.5, 0.6) is 11.6 Å². The first-order valence-corrected chi connectivity index (χ1v) is 5.93. The van der Waals surface area contributed by atoms with Gasteiger partial charge in [-0.25, -0.2) is 8.78 Å². The zero-order chi connectivity index (χ0) is 14.0. The van der Waals surface area contributed by atoms with Crippen LogP contribution in [0.4, 0.5) is 14.6 Å². The molecule has 1 aromatic heterocycles. The molecule has 0 radical (unpaired) electrons. The number of hydrogen-bond donors (Lipinski definition) is 1. The monoisotopic (exact) mass is 304 g/mol. The van der Waals surface area contributed by atoms with E-state index in [1.54, 1.807) is 6.07 Å². The van der Waals surface area contributed by atoms with Gasteiger partial charge >= 0.3 is 0 Å². The van der Waals surface area contributed by atoms with Crippen LogP contribution in [0.15, 0.2) is 24.3 Å². The normalized spacial score (nSPS) is 10.4. The Morgan fingerprint density at radius 1 is 1.16 bits per heavy atom. The third-order valence-electron chi connectivity index (χ3n) is 2.23. The van der Waals surface area contributed by atoms with Gasteiger partial charge in [0, 0.05) is 24.2 Å². The van der Waals surface area contributed by atoms with E-state index in [9.17, 15) is 8.78 Å². The molecular formula is C12H8Cl2F2N2O. The lowest BCUT2D eigenvalue weighted by Crippen LogP contribution is -2.01. The van der Waals surface area contributed by atoms with Crippen LogP contribution in [0.2, 0.25) is 10.0 Å². The fourth-order valence-corrected chi connectivity index (χ4v) is 1.67. The first kappa shape index (κ1) is 13.8. The largest absolute Gasteiger partial charge is 0.435 e. The number of ether oxygens (including phenoxy) is 1. The van der Waals surface area contributed by atoms with E-state index in [-0.39, 0.29) is 16.6 Å². The van der Waals surface area contributed by atoms with Crippen LogP contribution in [-0.4, -0.2) is 12.0 Å². The highest BCUT2D eigenvalue weighted by Gasteiger charge is 2.14. The Kier molecular flexibility index (Phi) is 4.07. The predicted molar refractivity (Wildman–Crippen MR) is 70.2 cm³/mol. The Balaban J connectivity index is 2.40. The van der Waals surface area contributed by atoms with Crippen molar-refractivity contribution in [2.24, 2.45) is 0 Å². The van der Waals surface area contributed by atoms with Crippen LogP contribution in [0.1, 0.15) is 0 Å². The number of rotatable bonds is 3. The van der Waals surface area contributed by atoms with Crippen molar-refractivity contribution in [3.05, 3.63) is 45.9 Å². The average Bonchev–Trinajstić information content (AvgIpc) is 2.37. The van der Waals surface area contributed by atoms with E-state index in [2.05, 4.69) is 10.3 Å². The van der Waals surface area contributed by atoms with Crippen molar-refractivity contribution in [2.75, 3.05) is 12.4 Å². The first-order valence-electron chi connectivity index (χ1n) is 5.18. The summed E-state index contributed by atoms with van der Waals surface area (Å²) in [6.45, 7) is 0. The van der Waals surface area contributed by atoms with E-state index in [4.69, 9.17) is 27.9 Å². The van der Waals surface area contributed by atoms with Crippen molar-refractivity contribution >= 4 is 29.0 Å². The molecule has 0 bridgehead atoms. The highest BCUT2D eigenvalue weighted by atomic mass is 35.5. The highest BCUT2D eigenvalue weighted by Crippen LogP contribution is 2.33. The van der Waals surface area contributed by atoms with Crippen LogP contribution in [-0.2, 0) is 0 Å². The number of halogens is 4. The van der Waals surface area contributed by atoms with Gasteiger partial charge in [0.15, 0.2) is 17.5 Å². The third-order valence-corrected chi connectivity index (χ3v) is 2.78. The van der Waals surface area contributed by atoms with E-state index in [1.807, 2.05) is 0 Å². The molecule has 0 aliphatic heterocycles. The SMILES string of the molecule is CNc1nc(Oc2cc(Cl)ccc2Cl)c(F)cc1F. The van der Waals surface area contributed by atoms with Gasteiger partial charge in [0.2, 0.25) is 0 Å². The van der Waals surface area contributed by atoms with Crippen LogP contribution in [0, 0.1) is 11.6 Å². The second-order valence-electron chi connectivity index (χ2n) is 3.53. The molecule has 0 aliphatic carbocycles. The Labute approximate surface area is 118 Å². The maximum absolute atomic E-state index is 13.6. The van der Waals surface area contributed by atoms with Gasteiger partial charge in [0.25, 0.3) is 5.88 Å². The molecule has 1 N–H and O–H groups in total. The van der Waals surface area contributed by atoms with Crippen molar-refractivity contribution < 1.29 is 13.5 Å². The Hall–Kier alpha value is -1.59. The zero-order valence-electron chi connectivity index (χ0n) is 9.68. The molecule has 0 spiro atoms. The minimum atomic E-state index is -0.937. The van der Waals surface area contributed by atoms with E-state index in [0.717, 1.165) is 0 Å². The minimum absolute atomic E-state index is 0.130. The molecule has 19 heavy (non-hydrogen) atoms. The summed E-state index contributed by atoms with van der Waals surface area (Å²) in [6, 6.07) is 5.14. The number of pyridine rings is 1. The van der Waals surface area contributed by atoms with Gasteiger partial charge in [-0.05, 0) is 12.1 Å². The number of hydrogen-bond acceptors (Lipinski definition) is 3. The number of benzene rings is 1. The van der Waals surface area contributed by atoms with Gasteiger partial charge in [-0.3, -0.25) is 0 Å². The van der Waals surface area contributed by atoms with E-state index in [0.29, 0.717) is 11.1 Å². The lowest BCUT2D eigenvalue weighted by atomic mass is 10.3. The molecule has 0 saturated carbocycles. The molecule has 7 heteroatoms. The first-order chi connectivity index (χ1) is 9.01. The molecule has 2 rings (SSSR count). The summed E-state index contributed by atoms with van der Waals surface area (Å²) in [5.41, 5.74) is 0. The fourth-order valence-electron chi connectivity index (χ4n) is 1.36. The smallest absolute Gasteiger partial charge is 0.258 e. The van der Waals surface area contributed by atoms with Gasteiger partial charge < -0.3 is 10.1 Å². The van der Waals surface area contributed by atoms with Gasteiger partial charge in [-0.15, -0.1) is 0 Å². The van der Waals surface area contributed by atoms with Gasteiger partial charge in [0.05, 0.1) is 5.02 Å². The molecule has 0 atom stereocenters. The lowest BCUT2D eigenvalue weighted by Gasteiger charge is -2.09. The summed E-state index contributed by atoms with van der Waals surface area (Å²) in [4.78, 5) is 3.67. The number of anilines is 1. The van der Waals surface area contributed by atoms with Gasteiger partial charge in [-0.2, -0.15) is 4.98 Å². The summed E-state index contributed by atoms with van der Waals surface area (Å²) in [6.07, 6.45) is 0. The molecule has 2 aromatic rings. The second-order valence-corrected chi connectivity index (χ2v) is 4.38. The predicted octanol–water partition coefficient (Wildman–Crippen LogP) is 4.50. The molecule has 0 saturated heterocycles. The van der Waals surface area contributed by atoms with E-state index >= 15 is 0 Å². The summed E-state index contributed by atoms with van der Waals surface area (Å²) in [7, 11) is 1.46. The Morgan fingerprint density at radius 2 is 1.89 bits per heavy atom. The minimum Gasteiger partial charge on any atom is -0.435 e. The summed E-state index contributed by atoms with van der Waals surface area (Å²) < 4.78 is 32.0. The number of nitrogens with one attached hydrogen (secondary N) is 1. The molecule has 0 amide bonds. The Morgan fingerprint density at radius 3 is 2.58 bits per heavy atom. The molecule has 0 fully saturated rings. The average molecular weight is 305 g/mol. The summed E-state index contributed by atoms with van der Waals surface area (Å²) >= 11 is 11.7. The lowest BCUT2D eigenvalue weighted by molar-refractivity contribution is 0.418. The van der Waals surface area contributed by atoms with Crippen LogP contribution >= 0.6 is 23.2 Å². The third kappa shape index (κ3) is 3.05. The molecule has 1 aromatic carbocycles. The van der Waals surface area contributed by atoms with Crippen molar-refractivity contribution in [3.63, 3.8) is 0 Å². The summed E-state index contributed by atoms with van der Waals surface area (Å²) in [5, 5.41) is 3.09. The highest BCUT2D eigenvalue weighted by molar-refractivity contribution is 6.34. The number of aromatic nitrogens is 1. The van der Waals surface area contributed by atoms with Crippen molar-refractivity contribution in [1.82, 2.24) is 4.98 Å². The van der Waals surface area contributed by atoms with E-state index in [1.165, 1.54) is 19.2 Å². The van der Waals surface area contributed by atoms with Crippen molar-refractivity contribution in [2.45, 2.75) is 0 Å². The molecule has 100 valence electrons. The molecule has 1 heterocycles. The molecular weight excluding hydrogens is 297 g/mol. The maximum atomic E-state index is 13.6. The molecule has 0 unspecified atom stereocenters. The van der Waals surface area contributed by atoms with Gasteiger partial charge in [-0.1, -0.05) is 23.2 Å². The second kappa shape index (κ2) is 5.59. The topological polar surface area (TPSA) is 34.2 Å².